The molecule has 0 spiro atoms. The van der Waals surface area contributed by atoms with Gasteiger partial charge in [0.2, 0.25) is 0 Å². The van der Waals surface area contributed by atoms with Crippen LogP contribution in [0.2, 0.25) is 0 Å². The topological polar surface area (TPSA) is 63.3 Å². The minimum atomic E-state index is 0.0216. The van der Waals surface area contributed by atoms with Crippen molar-refractivity contribution in [3.8, 4) is 16.9 Å². The Balaban J connectivity index is 2.62. The predicted octanol–water partition coefficient (Wildman–Crippen LogP) is 2.45. The molecule has 0 unspecified atom stereocenters. The highest BCUT2D eigenvalue weighted by Gasteiger charge is 2.09. The maximum Gasteiger partial charge on any atom is 0.150 e. The number of benzene rings is 2. The van der Waals surface area contributed by atoms with Gasteiger partial charge in [0, 0.05) is 16.8 Å². The van der Waals surface area contributed by atoms with E-state index >= 15 is 0 Å². The predicted molar refractivity (Wildman–Crippen MR) is 63.3 cm³/mol. The minimum Gasteiger partial charge on any atom is -0.507 e. The number of hydrogen-bond donors (Lipinski definition) is 2. The summed E-state index contributed by atoms with van der Waals surface area (Å²) in [6, 6.07) is 12.3. The van der Waals surface area contributed by atoms with Crippen molar-refractivity contribution in [3.05, 3.63) is 48.0 Å². The van der Waals surface area contributed by atoms with Crippen LogP contribution in [0.4, 0.5) is 5.69 Å². The van der Waals surface area contributed by atoms with Crippen molar-refractivity contribution in [1.29, 1.82) is 0 Å². The van der Waals surface area contributed by atoms with Crippen LogP contribution in [-0.4, -0.2) is 11.4 Å². The van der Waals surface area contributed by atoms with E-state index in [-0.39, 0.29) is 5.75 Å². The molecule has 0 aromatic heterocycles. The molecule has 2 aromatic rings. The molecule has 0 saturated carbocycles. The first kappa shape index (κ1) is 10.2. The van der Waals surface area contributed by atoms with E-state index in [1.165, 1.54) is 6.07 Å². The van der Waals surface area contributed by atoms with Crippen molar-refractivity contribution < 1.29 is 9.90 Å². The molecule has 0 aliphatic carbocycles. The summed E-state index contributed by atoms with van der Waals surface area (Å²) in [5, 5.41) is 9.82. The first-order valence-corrected chi connectivity index (χ1v) is 4.85. The SMILES string of the molecule is Nc1cc(C=O)cc(O)c1-c1ccccc1. The van der Waals surface area contributed by atoms with Crippen molar-refractivity contribution in [3.63, 3.8) is 0 Å². The second kappa shape index (κ2) is 4.06. The van der Waals surface area contributed by atoms with Crippen molar-refractivity contribution in [2.45, 2.75) is 0 Å². The van der Waals surface area contributed by atoms with Crippen LogP contribution in [-0.2, 0) is 0 Å². The molecular weight excluding hydrogens is 202 g/mol. The van der Waals surface area contributed by atoms with Gasteiger partial charge in [-0.2, -0.15) is 0 Å². The van der Waals surface area contributed by atoms with Crippen LogP contribution in [0.5, 0.6) is 5.75 Å². The first-order chi connectivity index (χ1) is 7.72. The summed E-state index contributed by atoms with van der Waals surface area (Å²) >= 11 is 0. The largest absolute Gasteiger partial charge is 0.507 e. The molecule has 2 rings (SSSR count). The van der Waals surface area contributed by atoms with Crippen LogP contribution >= 0.6 is 0 Å². The molecular formula is C13H11NO2. The number of carbonyl (C=O) groups is 1. The molecule has 0 aliphatic rings. The Hall–Kier alpha value is -2.29. The lowest BCUT2D eigenvalue weighted by atomic mass is 10.0. The molecule has 0 aliphatic heterocycles. The molecule has 0 heterocycles. The smallest absolute Gasteiger partial charge is 0.150 e. The normalized spacial score (nSPS) is 10.0. The monoisotopic (exact) mass is 213 g/mol. The molecule has 0 radical (unpaired) electrons. The Morgan fingerprint density at radius 3 is 2.38 bits per heavy atom. The zero-order valence-electron chi connectivity index (χ0n) is 8.55. The number of aldehydes is 1. The van der Waals surface area contributed by atoms with E-state index in [9.17, 15) is 9.90 Å². The molecule has 16 heavy (non-hydrogen) atoms. The van der Waals surface area contributed by atoms with Crippen molar-refractivity contribution in [1.82, 2.24) is 0 Å². The van der Waals surface area contributed by atoms with Crippen LogP contribution in [0.1, 0.15) is 10.4 Å². The van der Waals surface area contributed by atoms with E-state index < -0.39 is 0 Å². The lowest BCUT2D eigenvalue weighted by Crippen LogP contribution is -1.93. The fourth-order valence-corrected chi connectivity index (χ4v) is 1.66. The average Bonchev–Trinajstić information content (AvgIpc) is 2.29. The molecule has 80 valence electrons. The molecule has 3 heteroatoms. The standard InChI is InChI=1S/C13H11NO2/c14-11-6-9(8-15)7-12(16)13(11)10-4-2-1-3-5-10/h1-8,16H,14H2. The highest BCUT2D eigenvalue weighted by Crippen LogP contribution is 2.35. The van der Waals surface area contributed by atoms with Crippen LogP contribution in [0.25, 0.3) is 11.1 Å². The van der Waals surface area contributed by atoms with E-state index in [1.54, 1.807) is 6.07 Å². The Morgan fingerprint density at radius 2 is 1.81 bits per heavy atom. The Bertz CT molecular complexity index is 498. The summed E-state index contributed by atoms with van der Waals surface area (Å²) in [5.74, 6) is 0.0216. The van der Waals surface area contributed by atoms with Gasteiger partial charge < -0.3 is 10.8 Å². The average molecular weight is 213 g/mol. The van der Waals surface area contributed by atoms with Gasteiger partial charge in [0.1, 0.15) is 12.0 Å². The third kappa shape index (κ3) is 1.75. The molecule has 0 atom stereocenters. The molecule has 2 aromatic carbocycles. The number of nitrogens with two attached hydrogens (primary N) is 1. The van der Waals surface area contributed by atoms with Crippen molar-refractivity contribution in [2.75, 3.05) is 5.73 Å². The molecule has 0 bridgehead atoms. The van der Waals surface area contributed by atoms with E-state index in [0.717, 1.165) is 5.56 Å². The Labute approximate surface area is 93.1 Å². The summed E-state index contributed by atoms with van der Waals surface area (Å²) < 4.78 is 0. The highest BCUT2D eigenvalue weighted by molar-refractivity contribution is 5.87. The zero-order valence-corrected chi connectivity index (χ0v) is 8.55. The van der Waals surface area contributed by atoms with Gasteiger partial charge in [0.25, 0.3) is 0 Å². The summed E-state index contributed by atoms with van der Waals surface area (Å²) in [6.07, 6.45) is 0.658. The Kier molecular flexibility index (Phi) is 2.60. The molecule has 0 amide bonds. The quantitative estimate of drug-likeness (QED) is 0.595. The van der Waals surface area contributed by atoms with E-state index in [2.05, 4.69) is 0 Å². The maximum absolute atomic E-state index is 10.6. The minimum absolute atomic E-state index is 0.0216. The number of hydrogen-bond acceptors (Lipinski definition) is 3. The van der Waals surface area contributed by atoms with Gasteiger partial charge in [-0.15, -0.1) is 0 Å². The van der Waals surface area contributed by atoms with Crippen molar-refractivity contribution >= 4 is 12.0 Å². The van der Waals surface area contributed by atoms with Crippen LogP contribution < -0.4 is 5.73 Å². The lowest BCUT2D eigenvalue weighted by Gasteiger charge is -2.09. The first-order valence-electron chi connectivity index (χ1n) is 4.85. The number of phenols is 1. The zero-order chi connectivity index (χ0) is 11.5. The van der Waals surface area contributed by atoms with Gasteiger partial charge in [0.15, 0.2) is 0 Å². The highest BCUT2D eigenvalue weighted by atomic mass is 16.3. The van der Waals surface area contributed by atoms with Gasteiger partial charge in [-0.1, -0.05) is 30.3 Å². The number of rotatable bonds is 2. The van der Waals surface area contributed by atoms with Crippen molar-refractivity contribution in [2.24, 2.45) is 0 Å². The third-order valence-corrected chi connectivity index (χ3v) is 2.37. The van der Waals surface area contributed by atoms with Gasteiger partial charge in [-0.05, 0) is 17.7 Å². The fourth-order valence-electron chi connectivity index (χ4n) is 1.66. The lowest BCUT2D eigenvalue weighted by molar-refractivity contribution is 0.112. The fraction of sp³-hybridized carbons (Fsp3) is 0. The molecule has 0 fully saturated rings. The Morgan fingerprint density at radius 1 is 1.12 bits per heavy atom. The number of carbonyl (C=O) groups excluding carboxylic acids is 1. The third-order valence-electron chi connectivity index (χ3n) is 2.37. The van der Waals surface area contributed by atoms with Crippen LogP contribution in [0.3, 0.4) is 0 Å². The van der Waals surface area contributed by atoms with E-state index in [1.807, 2.05) is 30.3 Å². The molecule has 0 saturated heterocycles. The number of phenolic OH excluding ortho intramolecular Hbond substituents is 1. The van der Waals surface area contributed by atoms with Gasteiger partial charge >= 0.3 is 0 Å². The van der Waals surface area contributed by atoms with Gasteiger partial charge in [0.05, 0.1) is 0 Å². The van der Waals surface area contributed by atoms with Gasteiger partial charge in [-0.25, -0.2) is 0 Å². The number of nitrogen functional groups attached to an aromatic ring is 1. The summed E-state index contributed by atoms with van der Waals surface area (Å²) in [4.78, 5) is 10.6. The summed E-state index contributed by atoms with van der Waals surface area (Å²) in [6.45, 7) is 0. The maximum atomic E-state index is 10.6. The second-order valence-electron chi connectivity index (χ2n) is 3.49. The van der Waals surface area contributed by atoms with Crippen LogP contribution in [0.15, 0.2) is 42.5 Å². The summed E-state index contributed by atoms with van der Waals surface area (Å²) in [5.41, 5.74) is 7.97. The number of anilines is 1. The van der Waals surface area contributed by atoms with E-state index in [0.29, 0.717) is 23.1 Å². The van der Waals surface area contributed by atoms with Crippen LogP contribution in [0, 0.1) is 0 Å². The molecule has 3 nitrogen and oxygen atoms in total. The van der Waals surface area contributed by atoms with E-state index in [4.69, 9.17) is 5.73 Å². The van der Waals surface area contributed by atoms with Gasteiger partial charge in [-0.3, -0.25) is 4.79 Å². The number of aromatic hydroxyl groups is 1. The molecule has 3 N–H and O–H groups in total. The summed E-state index contributed by atoms with van der Waals surface area (Å²) in [7, 11) is 0. The second-order valence-corrected chi connectivity index (χ2v) is 3.49.